The number of alkyl halides is 3. The molecule has 1 saturated heterocycles. The molecule has 2 unspecified atom stereocenters. The van der Waals surface area contributed by atoms with Crippen LogP contribution < -0.4 is 5.32 Å². The molecule has 18 heavy (non-hydrogen) atoms. The Balaban J connectivity index is 1.92. The second-order valence-electron chi connectivity index (χ2n) is 4.51. The molecule has 0 saturated carbocycles. The fraction of sp³-hybridized carbons (Fsp3) is 0.800. The van der Waals surface area contributed by atoms with Crippen LogP contribution in [0.5, 0.6) is 0 Å². The second kappa shape index (κ2) is 4.11. The predicted molar refractivity (Wildman–Crippen MR) is 56.1 cm³/mol. The zero-order valence-electron chi connectivity index (χ0n) is 9.57. The molecule has 1 aromatic heterocycles. The number of anilines is 1. The molecule has 0 aliphatic carbocycles. The first-order chi connectivity index (χ1) is 8.55. The highest BCUT2D eigenvalue weighted by molar-refractivity contribution is 5.29. The molecule has 0 radical (unpaired) electrons. The molecule has 3 heterocycles. The lowest BCUT2D eigenvalue weighted by Gasteiger charge is -2.26. The van der Waals surface area contributed by atoms with Gasteiger partial charge in [0.1, 0.15) is 6.10 Å². The van der Waals surface area contributed by atoms with Gasteiger partial charge in [0.05, 0.1) is 0 Å². The van der Waals surface area contributed by atoms with E-state index in [2.05, 4.69) is 15.4 Å². The lowest BCUT2D eigenvalue weighted by Crippen LogP contribution is -2.34. The van der Waals surface area contributed by atoms with Gasteiger partial charge in [-0.05, 0) is 19.3 Å². The topological polar surface area (TPSA) is 52.0 Å². The Kier molecular flexibility index (Phi) is 2.69. The van der Waals surface area contributed by atoms with Gasteiger partial charge >= 0.3 is 6.18 Å². The van der Waals surface area contributed by atoms with E-state index in [1.165, 1.54) is 0 Å². The number of ether oxygens (including phenoxy) is 1. The minimum absolute atomic E-state index is 0.0230. The van der Waals surface area contributed by atoms with Crippen molar-refractivity contribution < 1.29 is 17.9 Å². The van der Waals surface area contributed by atoms with Crippen molar-refractivity contribution in [2.24, 2.45) is 0 Å². The molecule has 1 fully saturated rings. The van der Waals surface area contributed by atoms with E-state index in [9.17, 15) is 13.2 Å². The van der Waals surface area contributed by atoms with Crippen molar-refractivity contribution in [3.63, 3.8) is 0 Å². The molecule has 2 aliphatic heterocycles. The Morgan fingerprint density at radius 3 is 2.83 bits per heavy atom. The van der Waals surface area contributed by atoms with Crippen LogP contribution in [0.4, 0.5) is 19.1 Å². The summed E-state index contributed by atoms with van der Waals surface area (Å²) in [5.74, 6) is 0.542. The van der Waals surface area contributed by atoms with E-state index < -0.39 is 12.2 Å². The summed E-state index contributed by atoms with van der Waals surface area (Å²) in [6.45, 7) is 0.874. The fourth-order valence-electron chi connectivity index (χ4n) is 2.34. The third-order valence-electron chi connectivity index (χ3n) is 3.24. The predicted octanol–water partition coefficient (Wildman–Crippen LogP) is 2.05. The highest BCUT2D eigenvalue weighted by Gasteiger charge is 2.44. The third kappa shape index (κ3) is 1.94. The summed E-state index contributed by atoms with van der Waals surface area (Å²) in [4.78, 5) is 4.11. The van der Waals surface area contributed by atoms with Gasteiger partial charge in [-0.1, -0.05) is 0 Å². The van der Waals surface area contributed by atoms with Crippen molar-refractivity contribution in [3.8, 4) is 0 Å². The van der Waals surface area contributed by atoms with E-state index in [4.69, 9.17) is 4.74 Å². The van der Waals surface area contributed by atoms with Crippen molar-refractivity contribution in [1.29, 1.82) is 0 Å². The second-order valence-corrected chi connectivity index (χ2v) is 4.51. The lowest BCUT2D eigenvalue weighted by molar-refractivity contribution is -0.172. The molecular weight excluding hydrogens is 249 g/mol. The summed E-state index contributed by atoms with van der Waals surface area (Å²) in [5, 5.41) is 6.82. The van der Waals surface area contributed by atoms with Gasteiger partial charge in [0.15, 0.2) is 11.9 Å². The first kappa shape index (κ1) is 11.8. The molecule has 3 rings (SSSR count). The van der Waals surface area contributed by atoms with Crippen LogP contribution in [0.1, 0.15) is 37.2 Å². The van der Waals surface area contributed by atoms with E-state index in [0.29, 0.717) is 12.4 Å². The number of nitrogens with zero attached hydrogens (tertiary/aromatic N) is 3. The quantitative estimate of drug-likeness (QED) is 0.841. The number of hydrogen-bond donors (Lipinski definition) is 1. The van der Waals surface area contributed by atoms with Gasteiger partial charge in [-0.25, -0.2) is 4.68 Å². The Morgan fingerprint density at radius 2 is 2.17 bits per heavy atom. The van der Waals surface area contributed by atoms with Crippen LogP contribution in [0, 0.1) is 0 Å². The molecule has 1 aromatic rings. The van der Waals surface area contributed by atoms with Crippen LogP contribution in [-0.2, 0) is 4.74 Å². The van der Waals surface area contributed by atoms with Crippen molar-refractivity contribution in [2.75, 3.05) is 18.5 Å². The monoisotopic (exact) mass is 262 g/mol. The molecule has 0 aromatic carbocycles. The molecule has 1 N–H and O–H groups in total. The summed E-state index contributed by atoms with van der Waals surface area (Å²) >= 11 is 0. The van der Waals surface area contributed by atoms with Crippen LogP contribution in [0.25, 0.3) is 0 Å². The van der Waals surface area contributed by atoms with E-state index in [1.54, 1.807) is 0 Å². The number of halogens is 3. The van der Waals surface area contributed by atoms with Gasteiger partial charge in [0.2, 0.25) is 5.95 Å². The Labute approximate surface area is 101 Å². The summed E-state index contributed by atoms with van der Waals surface area (Å²) < 4.78 is 44.9. The van der Waals surface area contributed by atoms with Crippen molar-refractivity contribution in [2.45, 2.75) is 37.6 Å². The number of fused-ring (bicyclic) bond motifs is 1. The highest BCUT2D eigenvalue weighted by Crippen LogP contribution is 2.37. The smallest absolute Gasteiger partial charge is 0.370 e. The Hall–Kier alpha value is -1.31. The van der Waals surface area contributed by atoms with E-state index in [-0.39, 0.29) is 25.0 Å². The minimum atomic E-state index is -4.29. The molecule has 5 nitrogen and oxygen atoms in total. The third-order valence-corrected chi connectivity index (χ3v) is 3.24. The average molecular weight is 262 g/mol. The van der Waals surface area contributed by atoms with Crippen LogP contribution in [0.2, 0.25) is 0 Å². The molecule has 0 spiro atoms. The summed E-state index contributed by atoms with van der Waals surface area (Å²) in [6.07, 6.45) is -2.92. The molecule has 100 valence electrons. The van der Waals surface area contributed by atoms with Crippen molar-refractivity contribution >= 4 is 5.95 Å². The average Bonchev–Trinajstić information content (AvgIpc) is 2.95. The van der Waals surface area contributed by atoms with Gasteiger partial charge in [0.25, 0.3) is 0 Å². The van der Waals surface area contributed by atoms with Gasteiger partial charge in [0, 0.05) is 13.2 Å². The first-order valence-corrected chi connectivity index (χ1v) is 5.94. The van der Waals surface area contributed by atoms with Crippen molar-refractivity contribution in [3.05, 3.63) is 5.82 Å². The van der Waals surface area contributed by atoms with Gasteiger partial charge in [-0.2, -0.15) is 23.3 Å². The maximum absolute atomic E-state index is 12.9. The highest BCUT2D eigenvalue weighted by atomic mass is 19.4. The Morgan fingerprint density at radius 1 is 1.33 bits per heavy atom. The van der Waals surface area contributed by atoms with E-state index in [1.807, 2.05) is 0 Å². The molecule has 2 aliphatic rings. The largest absolute Gasteiger partial charge is 0.411 e. The van der Waals surface area contributed by atoms with Crippen LogP contribution in [0.3, 0.4) is 0 Å². The molecule has 0 amide bonds. The summed E-state index contributed by atoms with van der Waals surface area (Å²) in [5.41, 5.74) is 0. The zero-order valence-corrected chi connectivity index (χ0v) is 9.57. The minimum Gasteiger partial charge on any atom is -0.370 e. The zero-order chi connectivity index (χ0) is 12.8. The van der Waals surface area contributed by atoms with Gasteiger partial charge in [-0.15, -0.1) is 0 Å². The lowest BCUT2D eigenvalue weighted by atomic mass is 10.2. The normalized spacial score (nSPS) is 27.9. The van der Waals surface area contributed by atoms with Gasteiger partial charge < -0.3 is 10.1 Å². The first-order valence-electron chi connectivity index (χ1n) is 5.94. The molecule has 2 atom stereocenters. The molecule has 8 heteroatoms. The van der Waals surface area contributed by atoms with Gasteiger partial charge in [-0.3, -0.25) is 0 Å². The van der Waals surface area contributed by atoms with Crippen molar-refractivity contribution in [1.82, 2.24) is 14.8 Å². The fourth-order valence-corrected chi connectivity index (χ4v) is 2.34. The maximum Gasteiger partial charge on any atom is 0.411 e. The molecular formula is C10H13F3N4O. The number of aromatic nitrogens is 3. The maximum atomic E-state index is 12.9. The van der Waals surface area contributed by atoms with Crippen LogP contribution >= 0.6 is 0 Å². The summed E-state index contributed by atoms with van der Waals surface area (Å²) in [6, 6.07) is -1.59. The molecule has 0 bridgehead atoms. The van der Waals surface area contributed by atoms with E-state index in [0.717, 1.165) is 17.5 Å². The van der Waals surface area contributed by atoms with Crippen LogP contribution in [0.15, 0.2) is 0 Å². The number of hydrogen-bond acceptors (Lipinski definition) is 4. The number of rotatable bonds is 1. The van der Waals surface area contributed by atoms with E-state index >= 15 is 0 Å². The summed E-state index contributed by atoms with van der Waals surface area (Å²) in [7, 11) is 0. The van der Waals surface area contributed by atoms with Crippen LogP contribution in [-0.4, -0.2) is 34.1 Å². The Bertz CT molecular complexity index is 439. The number of nitrogens with one attached hydrogen (secondary N) is 1. The standard InChI is InChI=1S/C10H13F3N4O/c11-10(12,13)7-3-4-14-9-15-8(16-17(7)9)6-2-1-5-18-6/h6-7H,1-5H2,(H,14,15,16). The SMILES string of the molecule is FC(F)(F)C1CCNc2nc(C3CCCO3)nn21.